The third-order valence-corrected chi connectivity index (χ3v) is 2.89. The molecule has 0 atom stereocenters. The number of aromatic amines is 1. The molecule has 0 spiro atoms. The number of ether oxygens (including phenoxy) is 3. The summed E-state index contributed by atoms with van der Waals surface area (Å²) in [5.74, 6) is 1.80. The molecular weight excluding hydrogens is 286 g/mol. The van der Waals surface area contributed by atoms with Gasteiger partial charge >= 0.3 is 6.09 Å². The Bertz CT molecular complexity index is 703. The number of nitrogens with one attached hydrogen (secondary N) is 2. The lowest BCUT2D eigenvalue weighted by Gasteiger charge is -2.18. The molecular formula is C15H17N3O4. The second-order valence-corrected chi connectivity index (χ2v) is 5.86. The lowest BCUT2D eigenvalue weighted by atomic mass is 10.1. The highest BCUT2D eigenvalue weighted by Crippen LogP contribution is 2.35. The normalized spacial score (nSPS) is 13.0. The van der Waals surface area contributed by atoms with Crippen LogP contribution in [-0.4, -0.2) is 28.7 Å². The molecule has 2 heterocycles. The molecule has 1 aliphatic rings. The minimum absolute atomic E-state index is 0.229. The largest absolute Gasteiger partial charge is 0.454 e. The number of H-pyrrole nitrogens is 1. The van der Waals surface area contributed by atoms with E-state index in [9.17, 15) is 4.79 Å². The second kappa shape index (κ2) is 5.25. The number of amides is 1. The Hall–Kier alpha value is -2.70. The van der Waals surface area contributed by atoms with E-state index in [0.29, 0.717) is 11.6 Å². The maximum absolute atomic E-state index is 11.7. The van der Waals surface area contributed by atoms with Crippen molar-refractivity contribution in [1.82, 2.24) is 10.2 Å². The molecule has 1 aromatic carbocycles. The first-order valence-corrected chi connectivity index (χ1v) is 6.86. The topological polar surface area (TPSA) is 85.5 Å². The molecule has 0 unspecified atom stereocenters. The number of fused-ring (bicyclic) bond motifs is 1. The Morgan fingerprint density at radius 2 is 2.05 bits per heavy atom. The molecule has 1 aromatic heterocycles. The average molecular weight is 303 g/mol. The van der Waals surface area contributed by atoms with Crippen molar-refractivity contribution in [3.05, 3.63) is 24.3 Å². The quantitative estimate of drug-likeness (QED) is 0.890. The third kappa shape index (κ3) is 3.13. The van der Waals surface area contributed by atoms with Gasteiger partial charge in [0.25, 0.3) is 0 Å². The molecule has 0 fully saturated rings. The van der Waals surface area contributed by atoms with Crippen molar-refractivity contribution in [3.63, 3.8) is 0 Å². The van der Waals surface area contributed by atoms with E-state index in [2.05, 4.69) is 15.5 Å². The third-order valence-electron chi connectivity index (χ3n) is 2.89. The van der Waals surface area contributed by atoms with Crippen molar-refractivity contribution in [2.75, 3.05) is 12.1 Å². The summed E-state index contributed by atoms with van der Waals surface area (Å²) in [7, 11) is 0. The minimum Gasteiger partial charge on any atom is -0.454 e. The van der Waals surface area contributed by atoms with Crippen molar-refractivity contribution >= 4 is 11.9 Å². The highest BCUT2D eigenvalue weighted by Gasteiger charge is 2.18. The number of hydrogen-bond acceptors (Lipinski definition) is 5. The fourth-order valence-corrected chi connectivity index (χ4v) is 2.01. The Morgan fingerprint density at radius 3 is 2.82 bits per heavy atom. The Morgan fingerprint density at radius 1 is 1.27 bits per heavy atom. The standard InChI is InChI=1S/C15H17N3O4/c1-15(2,3)22-14(19)16-13-7-10(17-18-13)9-4-5-11-12(6-9)21-8-20-11/h4-7H,8H2,1-3H3,(H2,16,17,18,19). The molecule has 3 rings (SSSR count). The van der Waals surface area contributed by atoms with Crippen molar-refractivity contribution in [2.45, 2.75) is 26.4 Å². The summed E-state index contributed by atoms with van der Waals surface area (Å²) in [5, 5.41) is 9.49. The van der Waals surface area contributed by atoms with Crippen LogP contribution < -0.4 is 14.8 Å². The summed E-state index contributed by atoms with van der Waals surface area (Å²) in [5.41, 5.74) is 1.08. The molecule has 2 aromatic rings. The van der Waals surface area contributed by atoms with Gasteiger partial charge in [-0.25, -0.2) is 4.79 Å². The first kappa shape index (κ1) is 14.2. The zero-order valence-corrected chi connectivity index (χ0v) is 12.6. The van der Waals surface area contributed by atoms with Crippen LogP contribution in [0.25, 0.3) is 11.3 Å². The van der Waals surface area contributed by atoms with Crippen LogP contribution >= 0.6 is 0 Å². The lowest BCUT2D eigenvalue weighted by molar-refractivity contribution is 0.0635. The van der Waals surface area contributed by atoms with Crippen molar-refractivity contribution in [3.8, 4) is 22.8 Å². The minimum atomic E-state index is -0.555. The van der Waals surface area contributed by atoms with Gasteiger partial charge in [0.15, 0.2) is 17.3 Å². The molecule has 0 radical (unpaired) electrons. The summed E-state index contributed by atoms with van der Waals surface area (Å²) in [6.07, 6.45) is -0.545. The second-order valence-electron chi connectivity index (χ2n) is 5.86. The molecule has 0 bridgehead atoms. The fourth-order valence-electron chi connectivity index (χ4n) is 2.01. The van der Waals surface area contributed by atoms with E-state index in [1.54, 1.807) is 26.8 Å². The number of hydrogen-bond donors (Lipinski definition) is 2. The number of carbonyl (C=O) groups is 1. The molecule has 0 saturated carbocycles. The van der Waals surface area contributed by atoms with E-state index < -0.39 is 11.7 Å². The van der Waals surface area contributed by atoms with Crippen molar-refractivity contribution in [2.24, 2.45) is 0 Å². The molecule has 7 nitrogen and oxygen atoms in total. The summed E-state index contributed by atoms with van der Waals surface area (Å²) in [6, 6.07) is 7.30. The molecule has 7 heteroatoms. The molecule has 0 saturated heterocycles. The first-order valence-electron chi connectivity index (χ1n) is 6.86. The van der Waals surface area contributed by atoms with Crippen molar-refractivity contribution in [1.29, 1.82) is 0 Å². The number of carbonyl (C=O) groups excluding carboxylic acids is 1. The van der Waals surface area contributed by atoms with Gasteiger partial charge in [-0.15, -0.1) is 0 Å². The highest BCUT2D eigenvalue weighted by atomic mass is 16.7. The van der Waals surface area contributed by atoms with Gasteiger partial charge in [-0.05, 0) is 39.0 Å². The van der Waals surface area contributed by atoms with Gasteiger partial charge < -0.3 is 14.2 Å². The van der Waals surface area contributed by atoms with Gasteiger partial charge in [0.2, 0.25) is 6.79 Å². The SMILES string of the molecule is CC(C)(C)OC(=O)Nc1cc(-c2ccc3c(c2)OCO3)[nH]n1. The molecule has 2 N–H and O–H groups in total. The molecule has 0 aliphatic carbocycles. The van der Waals surface area contributed by atoms with Crippen LogP contribution in [0.1, 0.15) is 20.8 Å². The van der Waals surface area contributed by atoms with Gasteiger partial charge in [0, 0.05) is 11.6 Å². The van der Waals surface area contributed by atoms with E-state index in [1.165, 1.54) is 0 Å². The zero-order chi connectivity index (χ0) is 15.7. The van der Waals surface area contributed by atoms with E-state index in [1.807, 2.05) is 18.2 Å². The maximum Gasteiger partial charge on any atom is 0.413 e. The number of rotatable bonds is 2. The average Bonchev–Trinajstić information content (AvgIpc) is 3.03. The predicted molar refractivity (Wildman–Crippen MR) is 80.0 cm³/mol. The Kier molecular flexibility index (Phi) is 3.40. The summed E-state index contributed by atoms with van der Waals surface area (Å²) >= 11 is 0. The van der Waals surface area contributed by atoms with E-state index in [4.69, 9.17) is 14.2 Å². The summed E-state index contributed by atoms with van der Waals surface area (Å²) in [6.45, 7) is 5.63. The van der Waals surface area contributed by atoms with Gasteiger partial charge in [-0.3, -0.25) is 10.4 Å². The first-order chi connectivity index (χ1) is 10.4. The zero-order valence-electron chi connectivity index (χ0n) is 12.6. The number of aromatic nitrogens is 2. The van der Waals surface area contributed by atoms with Crippen LogP contribution in [0.3, 0.4) is 0 Å². The van der Waals surface area contributed by atoms with Gasteiger partial charge in [0.05, 0.1) is 5.69 Å². The molecule has 1 aliphatic heterocycles. The Labute approximate surface area is 127 Å². The van der Waals surface area contributed by atoms with Crippen LogP contribution in [0.4, 0.5) is 10.6 Å². The van der Waals surface area contributed by atoms with Crippen LogP contribution in [0, 0.1) is 0 Å². The van der Waals surface area contributed by atoms with E-state index >= 15 is 0 Å². The predicted octanol–water partition coefficient (Wildman–Crippen LogP) is 3.15. The van der Waals surface area contributed by atoms with Gasteiger partial charge in [0.1, 0.15) is 5.60 Å². The van der Waals surface area contributed by atoms with Crippen molar-refractivity contribution < 1.29 is 19.0 Å². The molecule has 1 amide bonds. The number of nitrogens with zero attached hydrogens (tertiary/aromatic N) is 1. The highest BCUT2D eigenvalue weighted by molar-refractivity contribution is 5.84. The van der Waals surface area contributed by atoms with Gasteiger partial charge in [-0.1, -0.05) is 0 Å². The van der Waals surface area contributed by atoms with Crippen LogP contribution in [0.5, 0.6) is 11.5 Å². The molecule has 22 heavy (non-hydrogen) atoms. The summed E-state index contributed by atoms with van der Waals surface area (Å²) < 4.78 is 15.8. The van der Waals surface area contributed by atoms with Gasteiger partial charge in [-0.2, -0.15) is 5.10 Å². The number of benzene rings is 1. The smallest absolute Gasteiger partial charge is 0.413 e. The van der Waals surface area contributed by atoms with Crippen LogP contribution in [0.2, 0.25) is 0 Å². The van der Waals surface area contributed by atoms with E-state index in [0.717, 1.165) is 17.0 Å². The number of anilines is 1. The fraction of sp³-hybridized carbons (Fsp3) is 0.333. The Balaban J connectivity index is 1.72. The lowest BCUT2D eigenvalue weighted by Crippen LogP contribution is -2.27. The molecule has 116 valence electrons. The maximum atomic E-state index is 11.7. The monoisotopic (exact) mass is 303 g/mol. The van der Waals surface area contributed by atoms with E-state index in [-0.39, 0.29) is 6.79 Å². The van der Waals surface area contributed by atoms with Crippen LogP contribution in [-0.2, 0) is 4.74 Å². The van der Waals surface area contributed by atoms with Crippen LogP contribution in [0.15, 0.2) is 24.3 Å². The summed E-state index contributed by atoms with van der Waals surface area (Å²) in [4.78, 5) is 11.7.